The molecule has 18 heavy (non-hydrogen) atoms. The van der Waals surface area contributed by atoms with Crippen molar-refractivity contribution < 1.29 is 19.3 Å². The molecule has 0 aliphatic carbocycles. The van der Waals surface area contributed by atoms with Crippen LogP contribution in [0.4, 0.5) is 0 Å². The van der Waals surface area contributed by atoms with E-state index < -0.39 is 6.10 Å². The molecule has 0 amide bonds. The molecule has 3 atom stereocenters. The number of hydrogen-bond acceptors (Lipinski definition) is 6. The topological polar surface area (TPSA) is 73.7 Å². The predicted molar refractivity (Wildman–Crippen MR) is 63.6 cm³/mol. The summed E-state index contributed by atoms with van der Waals surface area (Å²) in [6, 6.07) is 0. The van der Waals surface area contributed by atoms with Gasteiger partial charge in [0, 0.05) is 12.5 Å². The summed E-state index contributed by atoms with van der Waals surface area (Å²) >= 11 is 0. The van der Waals surface area contributed by atoms with Gasteiger partial charge >= 0.3 is 0 Å². The fraction of sp³-hybridized carbons (Fsp3) is 0.667. The van der Waals surface area contributed by atoms with Crippen LogP contribution >= 0.6 is 0 Å². The minimum Gasteiger partial charge on any atom is -0.480 e. The van der Waals surface area contributed by atoms with Crippen molar-refractivity contribution in [3.8, 4) is 11.8 Å². The van der Waals surface area contributed by atoms with Gasteiger partial charge in [0.1, 0.15) is 11.8 Å². The molecule has 2 rings (SSSR count). The number of nitrogens with zero attached hydrogens (tertiary/aromatic N) is 2. The van der Waals surface area contributed by atoms with Gasteiger partial charge < -0.3 is 19.3 Å². The fourth-order valence-electron chi connectivity index (χ4n) is 2.18. The molecule has 1 aromatic heterocycles. The molecule has 1 N–H and O–H groups in total. The zero-order chi connectivity index (χ0) is 13.1. The van der Waals surface area contributed by atoms with Crippen LogP contribution in [0, 0.1) is 5.92 Å². The molecule has 100 valence electrons. The highest BCUT2D eigenvalue weighted by Gasteiger charge is 2.34. The highest BCUT2D eigenvalue weighted by Crippen LogP contribution is 2.35. The molecular formula is C12H18N2O4. The van der Waals surface area contributed by atoms with Gasteiger partial charge in [-0.3, -0.25) is 0 Å². The van der Waals surface area contributed by atoms with Crippen LogP contribution in [0.1, 0.15) is 25.1 Å². The molecule has 1 aliphatic heterocycles. The maximum Gasteiger partial charge on any atom is 0.241 e. The second-order valence-electron chi connectivity index (χ2n) is 4.28. The largest absolute Gasteiger partial charge is 0.480 e. The van der Waals surface area contributed by atoms with Crippen LogP contribution in [0.2, 0.25) is 0 Å². The van der Waals surface area contributed by atoms with Gasteiger partial charge in [0.2, 0.25) is 11.8 Å². The molecule has 0 bridgehead atoms. The maximum atomic E-state index is 10.4. The lowest BCUT2D eigenvalue weighted by molar-refractivity contribution is 0.0394. The van der Waals surface area contributed by atoms with Crippen LogP contribution in [-0.2, 0) is 4.74 Å². The lowest BCUT2D eigenvalue weighted by atomic mass is 9.93. The molecule has 0 spiro atoms. The average molecular weight is 254 g/mol. The van der Waals surface area contributed by atoms with E-state index in [9.17, 15) is 5.11 Å². The van der Waals surface area contributed by atoms with E-state index in [2.05, 4.69) is 9.97 Å². The summed E-state index contributed by atoms with van der Waals surface area (Å²) < 4.78 is 15.6. The van der Waals surface area contributed by atoms with Gasteiger partial charge in [-0.25, -0.2) is 4.98 Å². The molecule has 3 unspecified atom stereocenters. The second kappa shape index (κ2) is 5.49. The molecule has 2 heterocycles. The molecular weight excluding hydrogens is 236 g/mol. The normalized spacial score (nSPS) is 24.9. The second-order valence-corrected chi connectivity index (χ2v) is 4.28. The summed E-state index contributed by atoms with van der Waals surface area (Å²) in [6.45, 7) is 2.61. The summed E-state index contributed by atoms with van der Waals surface area (Å²) in [5, 5.41) is 10.4. The van der Waals surface area contributed by atoms with Gasteiger partial charge in [-0.05, 0) is 13.3 Å². The Hall–Kier alpha value is -1.40. The van der Waals surface area contributed by atoms with Gasteiger partial charge in [-0.15, -0.1) is 0 Å². The Balaban J connectivity index is 2.26. The van der Waals surface area contributed by atoms with E-state index >= 15 is 0 Å². The average Bonchev–Trinajstić information content (AvgIpc) is 2.83. The van der Waals surface area contributed by atoms with Crippen molar-refractivity contribution in [3.63, 3.8) is 0 Å². The van der Waals surface area contributed by atoms with E-state index in [0.717, 1.165) is 6.42 Å². The Bertz CT molecular complexity index is 413. The summed E-state index contributed by atoms with van der Waals surface area (Å²) in [5.41, 5.74) is 0.431. The Morgan fingerprint density at radius 2 is 2.22 bits per heavy atom. The number of aliphatic hydroxyl groups is 1. The monoisotopic (exact) mass is 254 g/mol. The molecule has 0 saturated carbocycles. The predicted octanol–water partition coefficient (Wildman–Crippen LogP) is 0.952. The Morgan fingerprint density at radius 3 is 2.78 bits per heavy atom. The summed E-state index contributed by atoms with van der Waals surface area (Å²) in [4.78, 5) is 8.30. The van der Waals surface area contributed by atoms with Crippen LogP contribution in [0.15, 0.2) is 6.20 Å². The Morgan fingerprint density at radius 1 is 1.44 bits per heavy atom. The first-order chi connectivity index (χ1) is 8.67. The molecule has 6 heteroatoms. The molecule has 1 aliphatic rings. The van der Waals surface area contributed by atoms with Gasteiger partial charge in [0.25, 0.3) is 0 Å². The van der Waals surface area contributed by atoms with Crippen LogP contribution in [0.3, 0.4) is 0 Å². The van der Waals surface area contributed by atoms with E-state index in [0.29, 0.717) is 24.1 Å². The molecule has 1 fully saturated rings. The van der Waals surface area contributed by atoms with Crippen molar-refractivity contribution in [2.24, 2.45) is 5.92 Å². The highest BCUT2D eigenvalue weighted by molar-refractivity contribution is 5.25. The third-order valence-electron chi connectivity index (χ3n) is 3.27. The quantitative estimate of drug-likeness (QED) is 0.862. The van der Waals surface area contributed by atoms with Crippen molar-refractivity contribution in [1.82, 2.24) is 9.97 Å². The van der Waals surface area contributed by atoms with E-state index in [1.807, 2.05) is 6.92 Å². The standard InChI is InChI=1S/C12H18N2O4/c1-7-8(4-5-18-7)11(15)10-12(17-3)14-9(16-2)6-13-10/h6-8,11,15H,4-5H2,1-3H3. The van der Waals surface area contributed by atoms with Gasteiger partial charge in [-0.2, -0.15) is 4.98 Å². The maximum absolute atomic E-state index is 10.4. The zero-order valence-corrected chi connectivity index (χ0v) is 10.8. The molecule has 6 nitrogen and oxygen atoms in total. The first-order valence-corrected chi connectivity index (χ1v) is 5.92. The van der Waals surface area contributed by atoms with Crippen molar-refractivity contribution in [2.45, 2.75) is 25.6 Å². The minimum atomic E-state index is -0.740. The van der Waals surface area contributed by atoms with Crippen LogP contribution < -0.4 is 9.47 Å². The smallest absolute Gasteiger partial charge is 0.241 e. The third kappa shape index (κ3) is 2.39. The van der Waals surface area contributed by atoms with E-state index in [1.165, 1.54) is 20.4 Å². The first-order valence-electron chi connectivity index (χ1n) is 5.92. The minimum absolute atomic E-state index is 0.00797. The summed E-state index contributed by atoms with van der Waals surface area (Å²) in [5.74, 6) is 0.668. The molecule has 0 radical (unpaired) electrons. The SMILES string of the molecule is COc1cnc(C(O)C2CCOC2C)c(OC)n1. The van der Waals surface area contributed by atoms with Crippen molar-refractivity contribution in [2.75, 3.05) is 20.8 Å². The number of rotatable bonds is 4. The van der Waals surface area contributed by atoms with Crippen molar-refractivity contribution in [1.29, 1.82) is 0 Å². The first kappa shape index (κ1) is 13.0. The lowest BCUT2D eigenvalue weighted by Crippen LogP contribution is -2.21. The molecule has 0 aromatic carbocycles. The van der Waals surface area contributed by atoms with Gasteiger partial charge in [0.15, 0.2) is 0 Å². The fourth-order valence-corrected chi connectivity index (χ4v) is 2.18. The molecule has 1 aromatic rings. The third-order valence-corrected chi connectivity index (χ3v) is 3.27. The van der Waals surface area contributed by atoms with Crippen molar-refractivity contribution in [3.05, 3.63) is 11.9 Å². The van der Waals surface area contributed by atoms with Crippen molar-refractivity contribution >= 4 is 0 Å². The Labute approximate surface area is 106 Å². The number of hydrogen-bond donors (Lipinski definition) is 1. The Kier molecular flexibility index (Phi) is 3.98. The van der Waals surface area contributed by atoms with E-state index in [1.54, 1.807) is 0 Å². The summed E-state index contributed by atoms with van der Waals surface area (Å²) in [6.07, 6.45) is 1.55. The zero-order valence-electron chi connectivity index (χ0n) is 10.8. The summed E-state index contributed by atoms with van der Waals surface area (Å²) in [7, 11) is 3.00. The number of ether oxygens (including phenoxy) is 3. The molecule has 1 saturated heterocycles. The van der Waals surface area contributed by atoms with E-state index in [4.69, 9.17) is 14.2 Å². The highest BCUT2D eigenvalue weighted by atomic mass is 16.5. The van der Waals surface area contributed by atoms with Gasteiger partial charge in [0.05, 0.1) is 26.5 Å². The number of aromatic nitrogens is 2. The van der Waals surface area contributed by atoms with Crippen LogP contribution in [0.5, 0.6) is 11.8 Å². The lowest BCUT2D eigenvalue weighted by Gasteiger charge is -2.21. The number of aliphatic hydroxyl groups excluding tert-OH is 1. The van der Waals surface area contributed by atoms with Crippen LogP contribution in [0.25, 0.3) is 0 Å². The number of methoxy groups -OCH3 is 2. The van der Waals surface area contributed by atoms with Gasteiger partial charge in [-0.1, -0.05) is 0 Å². The van der Waals surface area contributed by atoms with E-state index in [-0.39, 0.29) is 12.0 Å². The van der Waals surface area contributed by atoms with Crippen LogP contribution in [-0.4, -0.2) is 42.0 Å².